The summed E-state index contributed by atoms with van der Waals surface area (Å²) in [7, 11) is 0. The first kappa shape index (κ1) is 6.93. The second-order valence-corrected chi connectivity index (χ2v) is 2.48. The molecule has 0 atom stereocenters. The number of nitrogens with zero attached hydrogens (tertiary/aromatic N) is 2. The van der Waals surface area contributed by atoms with Gasteiger partial charge in [0.25, 0.3) is 0 Å². The summed E-state index contributed by atoms with van der Waals surface area (Å²) in [4.78, 5) is 0. The van der Waals surface area contributed by atoms with E-state index >= 15 is 0 Å². The van der Waals surface area contributed by atoms with E-state index < -0.39 is 0 Å². The molecule has 0 radical (unpaired) electrons. The Morgan fingerprint density at radius 2 is 2.17 bits per heavy atom. The zero-order chi connectivity index (χ0) is 8.39. The van der Waals surface area contributed by atoms with E-state index in [0.29, 0.717) is 0 Å². The first-order chi connectivity index (χ1) is 5.92. The summed E-state index contributed by atoms with van der Waals surface area (Å²) in [6, 6.07) is 10.9. The molecule has 0 aliphatic rings. The minimum absolute atomic E-state index is 1.06. The van der Waals surface area contributed by atoms with Crippen LogP contribution in [0, 0.1) is 12.0 Å². The number of benzene rings is 1. The molecular formula is C10H8N2. The average molecular weight is 156 g/mol. The van der Waals surface area contributed by atoms with E-state index in [4.69, 9.17) is 0 Å². The predicted molar refractivity (Wildman–Crippen MR) is 48.6 cm³/mol. The highest BCUT2D eigenvalue weighted by Gasteiger charge is 1.96. The Morgan fingerprint density at radius 3 is 3.00 bits per heavy atom. The lowest BCUT2D eigenvalue weighted by molar-refractivity contribution is 0.947. The summed E-state index contributed by atoms with van der Waals surface area (Å²) < 4.78 is 1.69. The van der Waals surface area contributed by atoms with Crippen LogP contribution in [0.5, 0.6) is 0 Å². The molecule has 0 fully saturated rings. The lowest BCUT2D eigenvalue weighted by atomic mass is 10.3. The topological polar surface area (TPSA) is 17.8 Å². The van der Waals surface area contributed by atoms with Crippen LogP contribution < -0.4 is 0 Å². The summed E-state index contributed by atoms with van der Waals surface area (Å²) >= 11 is 0. The van der Waals surface area contributed by atoms with Gasteiger partial charge in [0.2, 0.25) is 0 Å². The normalized spacial score (nSPS) is 9.42. The second-order valence-electron chi connectivity index (χ2n) is 2.48. The quantitative estimate of drug-likeness (QED) is 0.532. The summed E-state index contributed by atoms with van der Waals surface area (Å²) in [5.74, 6) is 2.81. The van der Waals surface area contributed by atoms with Crippen molar-refractivity contribution in [1.82, 2.24) is 9.78 Å². The highest BCUT2D eigenvalue weighted by molar-refractivity contribution is 5.79. The van der Waals surface area contributed by atoms with Crippen molar-refractivity contribution < 1.29 is 0 Å². The molecule has 2 heteroatoms. The van der Waals surface area contributed by atoms with E-state index in [2.05, 4.69) is 17.1 Å². The Balaban J connectivity index is 2.76. The fourth-order valence-corrected chi connectivity index (χ4v) is 1.17. The van der Waals surface area contributed by atoms with Crippen LogP contribution in [0.25, 0.3) is 10.9 Å². The summed E-state index contributed by atoms with van der Waals surface area (Å²) in [5, 5.41) is 5.25. The van der Waals surface area contributed by atoms with E-state index in [9.17, 15) is 0 Å². The third-order valence-corrected chi connectivity index (χ3v) is 1.69. The van der Waals surface area contributed by atoms with E-state index in [1.54, 1.807) is 11.6 Å². The molecule has 0 N–H and O–H groups in total. The van der Waals surface area contributed by atoms with Crippen molar-refractivity contribution >= 4 is 10.9 Å². The third kappa shape index (κ3) is 0.960. The molecule has 0 saturated carbocycles. The summed E-state index contributed by atoms with van der Waals surface area (Å²) in [5.41, 5.74) is 1.06. The van der Waals surface area contributed by atoms with Crippen molar-refractivity contribution in [2.75, 3.05) is 0 Å². The van der Waals surface area contributed by atoms with Crippen molar-refractivity contribution in [1.29, 1.82) is 0 Å². The van der Waals surface area contributed by atoms with Crippen molar-refractivity contribution in [3.05, 3.63) is 30.5 Å². The maximum Gasteiger partial charge on any atom is 0.0834 e. The molecule has 1 aromatic heterocycles. The Hall–Kier alpha value is -1.75. The van der Waals surface area contributed by atoms with Crippen molar-refractivity contribution in [2.24, 2.45) is 0 Å². The molecular weight excluding hydrogens is 148 g/mol. The van der Waals surface area contributed by atoms with E-state index in [1.807, 2.05) is 30.5 Å². The lowest BCUT2D eigenvalue weighted by Gasteiger charge is -1.89. The van der Waals surface area contributed by atoms with Crippen LogP contribution in [0.3, 0.4) is 0 Å². The average Bonchev–Trinajstić information content (AvgIpc) is 2.50. The summed E-state index contributed by atoms with van der Waals surface area (Å²) in [6.07, 6.45) is 1.82. The van der Waals surface area contributed by atoms with E-state index in [0.717, 1.165) is 10.9 Å². The molecule has 0 unspecified atom stereocenters. The zero-order valence-corrected chi connectivity index (χ0v) is 6.78. The monoisotopic (exact) mass is 156 g/mol. The van der Waals surface area contributed by atoms with Crippen LogP contribution in [-0.4, -0.2) is 9.78 Å². The Bertz CT molecular complexity index is 457. The van der Waals surface area contributed by atoms with Gasteiger partial charge in [-0.25, -0.2) is 0 Å². The Labute approximate surface area is 70.8 Å². The number of aromatic nitrogens is 2. The molecule has 1 aromatic carbocycles. The molecule has 1 heterocycles. The smallest absolute Gasteiger partial charge is 0.0834 e. The largest absolute Gasteiger partial charge is 0.189 e. The molecule has 12 heavy (non-hydrogen) atoms. The molecule has 0 spiro atoms. The van der Waals surface area contributed by atoms with Gasteiger partial charge in [-0.05, 0) is 13.0 Å². The van der Waals surface area contributed by atoms with Gasteiger partial charge in [-0.15, -0.1) is 0 Å². The molecule has 2 nitrogen and oxygen atoms in total. The van der Waals surface area contributed by atoms with Crippen LogP contribution in [0.4, 0.5) is 0 Å². The predicted octanol–water partition coefficient (Wildman–Crippen LogP) is 1.87. The van der Waals surface area contributed by atoms with Crippen LogP contribution in [-0.2, 0) is 0 Å². The lowest BCUT2D eigenvalue weighted by Crippen LogP contribution is -1.88. The van der Waals surface area contributed by atoms with Gasteiger partial charge in [-0.3, -0.25) is 0 Å². The maximum absolute atomic E-state index is 4.13. The molecule has 0 bridgehead atoms. The number of para-hydroxylation sites is 1. The van der Waals surface area contributed by atoms with E-state index in [1.165, 1.54) is 0 Å². The molecule has 0 amide bonds. The first-order valence-electron chi connectivity index (χ1n) is 3.77. The van der Waals surface area contributed by atoms with Gasteiger partial charge in [0.15, 0.2) is 0 Å². The van der Waals surface area contributed by atoms with Crippen LogP contribution in [0.1, 0.15) is 6.92 Å². The molecule has 58 valence electrons. The number of rotatable bonds is 0. The van der Waals surface area contributed by atoms with Gasteiger partial charge < -0.3 is 0 Å². The van der Waals surface area contributed by atoms with Crippen LogP contribution in [0.2, 0.25) is 0 Å². The Kier molecular flexibility index (Phi) is 1.56. The highest BCUT2D eigenvalue weighted by atomic mass is 15.3. The van der Waals surface area contributed by atoms with Crippen molar-refractivity contribution in [3.8, 4) is 12.0 Å². The van der Waals surface area contributed by atoms with Crippen molar-refractivity contribution in [2.45, 2.75) is 6.92 Å². The fraction of sp³-hybridized carbons (Fsp3) is 0.100. The molecule has 0 aliphatic heterocycles. The second kappa shape index (κ2) is 2.71. The minimum Gasteiger partial charge on any atom is -0.189 e. The molecule has 0 saturated heterocycles. The minimum atomic E-state index is 1.06. The number of fused-ring (bicyclic) bond motifs is 1. The number of hydrogen-bond acceptors (Lipinski definition) is 1. The van der Waals surface area contributed by atoms with Gasteiger partial charge in [0, 0.05) is 11.4 Å². The molecule has 2 aromatic rings. The zero-order valence-electron chi connectivity index (χ0n) is 6.78. The van der Waals surface area contributed by atoms with Gasteiger partial charge in [-0.1, -0.05) is 24.1 Å². The SMILES string of the molecule is CC#Cn1ncc2ccccc21. The summed E-state index contributed by atoms with van der Waals surface area (Å²) in [6.45, 7) is 1.80. The standard InChI is InChI=1S/C10H8N2/c1-2-7-12-10-6-4-3-5-9(10)8-11-12/h3-6,8H,1H3. The van der Waals surface area contributed by atoms with Crippen LogP contribution >= 0.6 is 0 Å². The van der Waals surface area contributed by atoms with Gasteiger partial charge in [-0.2, -0.15) is 9.78 Å². The third-order valence-electron chi connectivity index (χ3n) is 1.69. The highest BCUT2D eigenvalue weighted by Crippen LogP contribution is 2.10. The fourth-order valence-electron chi connectivity index (χ4n) is 1.17. The van der Waals surface area contributed by atoms with E-state index in [-0.39, 0.29) is 0 Å². The van der Waals surface area contributed by atoms with Crippen LogP contribution in [0.15, 0.2) is 30.5 Å². The van der Waals surface area contributed by atoms with Crippen molar-refractivity contribution in [3.63, 3.8) is 0 Å². The number of hydrogen-bond donors (Lipinski definition) is 0. The molecule has 0 aliphatic carbocycles. The van der Waals surface area contributed by atoms with Gasteiger partial charge in [0.05, 0.1) is 11.7 Å². The van der Waals surface area contributed by atoms with Gasteiger partial charge >= 0.3 is 0 Å². The molecule has 2 rings (SSSR count). The maximum atomic E-state index is 4.13. The van der Waals surface area contributed by atoms with Gasteiger partial charge in [0.1, 0.15) is 0 Å². The first-order valence-corrected chi connectivity index (χ1v) is 3.77. The Morgan fingerprint density at radius 1 is 1.33 bits per heavy atom.